The van der Waals surface area contributed by atoms with Crippen LogP contribution >= 0.6 is 17.0 Å². The van der Waals surface area contributed by atoms with Gasteiger partial charge in [0.25, 0.3) is 0 Å². The van der Waals surface area contributed by atoms with Gasteiger partial charge >= 0.3 is 23.1 Å². The first-order valence-electron chi connectivity index (χ1n) is 0.816. The van der Waals surface area contributed by atoms with Crippen molar-refractivity contribution in [3.05, 3.63) is 0 Å². The third-order valence-electron chi connectivity index (χ3n) is 0. The van der Waals surface area contributed by atoms with Crippen LogP contribution in [0.25, 0.3) is 0 Å². The fraction of sp³-hybridized carbons (Fsp3) is 1.00. The predicted molar refractivity (Wildman–Crippen MR) is 27.9 cm³/mol. The van der Waals surface area contributed by atoms with Gasteiger partial charge in [-0.1, -0.05) is 0 Å². The average Bonchev–Trinajstić information content (AvgIpc) is 1.50. The van der Waals surface area contributed by atoms with Gasteiger partial charge in [0, 0.05) is 0 Å². The van der Waals surface area contributed by atoms with Gasteiger partial charge in [-0.2, -0.15) is 14.2 Å². The molecule has 0 unspecified atom stereocenters. The molecule has 2 nitrogen and oxygen atoms in total. The monoisotopic (exact) mass is 166 g/mol. The molecule has 0 amide bonds. The molecule has 0 spiro atoms. The summed E-state index contributed by atoms with van der Waals surface area (Å²) in [5.74, 6) is 0. The molecule has 0 aromatic heterocycles. The van der Waals surface area contributed by atoms with E-state index >= 15 is 0 Å². The molecule has 0 heterocycles. The van der Waals surface area contributed by atoms with Crippen LogP contribution in [-0.2, 0) is 0 Å². The minimum absolute atomic E-state index is 0. The van der Waals surface area contributed by atoms with Crippen molar-refractivity contribution in [3.8, 4) is 0 Å². The van der Waals surface area contributed by atoms with Crippen LogP contribution in [0.2, 0.25) is 0 Å². The molecule has 0 radical (unpaired) electrons. The van der Waals surface area contributed by atoms with E-state index < -0.39 is 0 Å². The topological polar surface area (TPSA) is 46.1 Å². The van der Waals surface area contributed by atoms with Gasteiger partial charge in [-0.05, 0) is 0 Å². The van der Waals surface area contributed by atoms with Crippen molar-refractivity contribution in [1.82, 2.24) is 0 Å². The molecule has 0 atom stereocenters. The van der Waals surface area contributed by atoms with Crippen LogP contribution in [0.15, 0.2) is 0 Å². The van der Waals surface area contributed by atoms with Crippen molar-refractivity contribution in [3.63, 3.8) is 0 Å². The van der Waals surface area contributed by atoms with Crippen LogP contribution in [0.3, 0.4) is 0 Å². The van der Waals surface area contributed by atoms with Crippen molar-refractivity contribution in [2.24, 2.45) is 0 Å². The van der Waals surface area contributed by atoms with E-state index in [1.165, 1.54) is 0 Å². The smallest absolute Gasteiger partial charge is 0.857 e. The molecule has 4 heteroatoms. The largest absolute Gasteiger partial charge is 2.00 e. The molecular weight excluding hydrogens is 160 g/mol. The number of hydrogen-bond acceptors (Lipinski definition) is 2. The van der Waals surface area contributed by atoms with Crippen LogP contribution in [0.5, 0.6) is 0 Å². The van der Waals surface area contributed by atoms with Gasteiger partial charge in [0.2, 0.25) is 0 Å². The van der Waals surface area contributed by atoms with Gasteiger partial charge in [0.15, 0.2) is 0 Å². The normalized spacial score (nSPS) is 2.00. The van der Waals surface area contributed by atoms with Crippen LogP contribution in [0.1, 0.15) is 0 Å². The Kier molecular flexibility index (Phi) is 548. The average molecular weight is 167 g/mol. The molecule has 0 aromatic carbocycles. The van der Waals surface area contributed by atoms with Crippen LogP contribution in [0, 0.1) is 0 Å². The Bertz CT molecular complexity index is 11.5. The maximum Gasteiger partial charge on any atom is 2.00 e. The second kappa shape index (κ2) is 121. The van der Waals surface area contributed by atoms with Crippen LogP contribution in [-0.4, -0.2) is 37.3 Å². The Labute approximate surface area is 64.5 Å². The minimum atomic E-state index is 0. The Hall–Kier alpha value is 1.17. The zero-order valence-electron chi connectivity index (χ0n) is 3.93. The molecule has 0 rings (SSSR count). The summed E-state index contributed by atoms with van der Waals surface area (Å²) >= 11 is 0. The van der Waals surface area contributed by atoms with Crippen LogP contribution in [0.4, 0.5) is 0 Å². The van der Waals surface area contributed by atoms with Crippen molar-refractivity contribution in [2.45, 2.75) is 0 Å². The van der Waals surface area contributed by atoms with E-state index in [-0.39, 0.29) is 40.0 Å². The molecule has 36 valence electrons. The zero-order valence-corrected chi connectivity index (χ0v) is 7.06. The number of rotatable bonds is 0. The molecule has 0 fully saturated rings. The molecule has 0 saturated heterocycles. The van der Waals surface area contributed by atoms with Gasteiger partial charge in [0.05, 0.1) is 0 Å². The standard InChI is InChI=1S/2CH3O.BrH.Mg/c2*1-2;;/h2*1H3;1H;/q2*-1;;+2. The van der Waals surface area contributed by atoms with E-state index in [9.17, 15) is 0 Å². The van der Waals surface area contributed by atoms with E-state index in [4.69, 9.17) is 10.2 Å². The summed E-state index contributed by atoms with van der Waals surface area (Å²) in [6.07, 6.45) is 0. The Morgan fingerprint density at radius 2 is 0.833 bits per heavy atom. The fourth-order valence-corrected chi connectivity index (χ4v) is 0. The SMILES string of the molecule is Br.C[O-].C[O-].[Mg+2]. The third kappa shape index (κ3) is 65.9. The van der Waals surface area contributed by atoms with Crippen LogP contribution < -0.4 is 10.2 Å². The van der Waals surface area contributed by atoms with Gasteiger partial charge in [-0.3, -0.25) is 0 Å². The van der Waals surface area contributed by atoms with Crippen molar-refractivity contribution < 1.29 is 10.2 Å². The summed E-state index contributed by atoms with van der Waals surface area (Å²) < 4.78 is 0. The Morgan fingerprint density at radius 1 is 0.833 bits per heavy atom. The Morgan fingerprint density at radius 3 is 0.833 bits per heavy atom. The summed E-state index contributed by atoms with van der Waals surface area (Å²) in [4.78, 5) is 0. The summed E-state index contributed by atoms with van der Waals surface area (Å²) in [7, 11) is 1.50. The number of halogens is 1. The van der Waals surface area contributed by atoms with E-state index in [1.54, 1.807) is 0 Å². The molecular formula is C2H7BrMgO2. The van der Waals surface area contributed by atoms with Gasteiger partial charge in [-0.25, -0.2) is 0 Å². The van der Waals surface area contributed by atoms with Crippen molar-refractivity contribution >= 4 is 40.0 Å². The maximum absolute atomic E-state index is 8.25. The van der Waals surface area contributed by atoms with E-state index in [2.05, 4.69) is 0 Å². The first kappa shape index (κ1) is 27.2. The second-order valence-electron chi connectivity index (χ2n) is 0. The maximum atomic E-state index is 8.25. The van der Waals surface area contributed by atoms with Gasteiger partial charge in [0.1, 0.15) is 0 Å². The zero-order chi connectivity index (χ0) is 4.00. The number of hydrogen-bond donors (Lipinski definition) is 0. The predicted octanol–water partition coefficient (Wildman–Crippen LogP) is -1.85. The van der Waals surface area contributed by atoms with Crippen molar-refractivity contribution in [2.75, 3.05) is 14.2 Å². The molecule has 0 aromatic rings. The summed E-state index contributed by atoms with van der Waals surface area (Å²) in [5, 5.41) is 16.5. The molecule has 0 aliphatic heterocycles. The summed E-state index contributed by atoms with van der Waals surface area (Å²) in [6.45, 7) is 0. The fourth-order valence-electron chi connectivity index (χ4n) is 0. The third-order valence-corrected chi connectivity index (χ3v) is 0. The first-order valence-corrected chi connectivity index (χ1v) is 0.816. The molecule has 0 aliphatic rings. The first-order chi connectivity index (χ1) is 2.00. The molecule has 0 aliphatic carbocycles. The summed E-state index contributed by atoms with van der Waals surface area (Å²) in [6, 6.07) is 0. The van der Waals surface area contributed by atoms with Gasteiger partial charge < -0.3 is 10.2 Å². The van der Waals surface area contributed by atoms with E-state index in [0.29, 0.717) is 0 Å². The summed E-state index contributed by atoms with van der Waals surface area (Å²) in [5.41, 5.74) is 0. The van der Waals surface area contributed by atoms with E-state index in [1.807, 2.05) is 0 Å². The molecule has 0 N–H and O–H groups in total. The molecule has 6 heavy (non-hydrogen) atoms. The molecule has 0 bridgehead atoms. The minimum Gasteiger partial charge on any atom is -0.857 e. The van der Waals surface area contributed by atoms with Crippen molar-refractivity contribution in [1.29, 1.82) is 0 Å². The second-order valence-corrected chi connectivity index (χ2v) is 0. The van der Waals surface area contributed by atoms with Gasteiger partial charge in [-0.15, -0.1) is 17.0 Å². The Balaban J connectivity index is -0.00000000500. The molecule has 0 saturated carbocycles. The van der Waals surface area contributed by atoms with E-state index in [0.717, 1.165) is 14.2 Å². The quantitative estimate of drug-likeness (QED) is 0.398.